The van der Waals surface area contributed by atoms with E-state index in [2.05, 4.69) is 5.32 Å². The summed E-state index contributed by atoms with van der Waals surface area (Å²) in [5.41, 5.74) is 2.74. The van der Waals surface area contributed by atoms with Crippen LogP contribution in [0.4, 0.5) is 4.39 Å². The van der Waals surface area contributed by atoms with Gasteiger partial charge in [0.05, 0.1) is 0 Å². The average Bonchev–Trinajstić information content (AvgIpc) is 2.41. The lowest BCUT2D eigenvalue weighted by Gasteiger charge is -2.19. The molecular formula is C16H17ClFN. The Morgan fingerprint density at radius 1 is 1.16 bits per heavy atom. The number of hydrogen-bond acceptors (Lipinski definition) is 1. The SMILES string of the molecule is CNC(Cc1ccccc1F)c1cccc(C)c1Cl. The first kappa shape index (κ1) is 14.0. The third-order valence-electron chi connectivity index (χ3n) is 3.33. The van der Waals surface area contributed by atoms with Crippen molar-refractivity contribution in [1.82, 2.24) is 5.32 Å². The number of aryl methyl sites for hydroxylation is 1. The van der Waals surface area contributed by atoms with Gasteiger partial charge in [0, 0.05) is 11.1 Å². The molecule has 0 bridgehead atoms. The first-order chi connectivity index (χ1) is 9.13. The van der Waals surface area contributed by atoms with E-state index in [4.69, 9.17) is 11.6 Å². The summed E-state index contributed by atoms with van der Waals surface area (Å²) in [4.78, 5) is 0. The molecule has 0 amide bonds. The fourth-order valence-electron chi connectivity index (χ4n) is 2.19. The minimum atomic E-state index is -0.175. The van der Waals surface area contributed by atoms with Crippen molar-refractivity contribution in [2.24, 2.45) is 0 Å². The molecule has 0 aromatic heterocycles. The van der Waals surface area contributed by atoms with Gasteiger partial charge in [0.1, 0.15) is 5.82 Å². The highest BCUT2D eigenvalue weighted by Crippen LogP contribution is 2.28. The Balaban J connectivity index is 2.31. The summed E-state index contributed by atoms with van der Waals surface area (Å²) in [6.45, 7) is 1.97. The van der Waals surface area contributed by atoms with Crippen molar-refractivity contribution in [1.29, 1.82) is 0 Å². The second-order valence-electron chi connectivity index (χ2n) is 4.61. The molecule has 0 saturated heterocycles. The third-order valence-corrected chi connectivity index (χ3v) is 3.84. The molecule has 0 fully saturated rings. The molecule has 1 N–H and O–H groups in total. The molecule has 0 saturated carbocycles. The highest BCUT2D eigenvalue weighted by atomic mass is 35.5. The molecule has 3 heteroatoms. The first-order valence-electron chi connectivity index (χ1n) is 6.29. The number of rotatable bonds is 4. The van der Waals surface area contributed by atoms with Crippen molar-refractivity contribution < 1.29 is 4.39 Å². The molecule has 1 unspecified atom stereocenters. The van der Waals surface area contributed by atoms with Gasteiger partial charge in [0.25, 0.3) is 0 Å². The molecule has 0 aliphatic rings. The minimum absolute atomic E-state index is 0.00398. The molecule has 2 rings (SSSR count). The Labute approximate surface area is 118 Å². The van der Waals surface area contributed by atoms with E-state index in [9.17, 15) is 4.39 Å². The van der Waals surface area contributed by atoms with Gasteiger partial charge in [-0.25, -0.2) is 4.39 Å². The number of nitrogens with one attached hydrogen (secondary N) is 1. The van der Waals surface area contributed by atoms with Crippen LogP contribution in [0.2, 0.25) is 5.02 Å². The number of hydrogen-bond donors (Lipinski definition) is 1. The van der Waals surface area contributed by atoms with Gasteiger partial charge in [-0.3, -0.25) is 0 Å². The van der Waals surface area contributed by atoms with Crippen molar-refractivity contribution in [3.05, 3.63) is 70.0 Å². The van der Waals surface area contributed by atoms with Crippen molar-refractivity contribution >= 4 is 11.6 Å². The maximum Gasteiger partial charge on any atom is 0.126 e. The van der Waals surface area contributed by atoms with Crippen molar-refractivity contribution in [2.75, 3.05) is 7.05 Å². The lowest BCUT2D eigenvalue weighted by molar-refractivity contribution is 0.554. The summed E-state index contributed by atoms with van der Waals surface area (Å²) >= 11 is 6.34. The van der Waals surface area contributed by atoms with Gasteiger partial charge >= 0.3 is 0 Å². The van der Waals surface area contributed by atoms with Crippen LogP contribution in [0.3, 0.4) is 0 Å². The molecule has 0 radical (unpaired) electrons. The van der Waals surface area contributed by atoms with Crippen LogP contribution in [-0.4, -0.2) is 7.05 Å². The van der Waals surface area contributed by atoms with Gasteiger partial charge in [-0.1, -0.05) is 48.0 Å². The summed E-state index contributed by atoms with van der Waals surface area (Å²) < 4.78 is 13.7. The monoisotopic (exact) mass is 277 g/mol. The zero-order valence-electron chi connectivity index (χ0n) is 11.1. The summed E-state index contributed by atoms with van der Waals surface area (Å²) in [6, 6.07) is 12.8. The summed E-state index contributed by atoms with van der Waals surface area (Å²) in [6.07, 6.45) is 0.576. The quantitative estimate of drug-likeness (QED) is 0.879. The minimum Gasteiger partial charge on any atom is -0.313 e. The molecule has 0 aliphatic heterocycles. The van der Waals surface area contributed by atoms with Crippen LogP contribution in [0.25, 0.3) is 0 Å². The van der Waals surface area contributed by atoms with E-state index in [1.54, 1.807) is 6.07 Å². The van der Waals surface area contributed by atoms with E-state index in [1.807, 2.05) is 44.3 Å². The second-order valence-corrected chi connectivity index (χ2v) is 4.99. The van der Waals surface area contributed by atoms with E-state index < -0.39 is 0 Å². The van der Waals surface area contributed by atoms with E-state index in [0.717, 1.165) is 16.1 Å². The van der Waals surface area contributed by atoms with Gasteiger partial charge in [0.15, 0.2) is 0 Å². The van der Waals surface area contributed by atoms with Crippen LogP contribution >= 0.6 is 11.6 Å². The fourth-order valence-corrected chi connectivity index (χ4v) is 2.45. The number of halogens is 2. The molecule has 2 aromatic carbocycles. The molecule has 1 atom stereocenters. The molecule has 0 aliphatic carbocycles. The lowest BCUT2D eigenvalue weighted by Crippen LogP contribution is -2.20. The lowest BCUT2D eigenvalue weighted by atomic mass is 9.97. The van der Waals surface area contributed by atoms with E-state index >= 15 is 0 Å². The maximum absolute atomic E-state index is 13.7. The fraction of sp³-hybridized carbons (Fsp3) is 0.250. The van der Waals surface area contributed by atoms with Gasteiger partial charge in [0.2, 0.25) is 0 Å². The van der Waals surface area contributed by atoms with Gasteiger partial charge < -0.3 is 5.32 Å². The molecule has 0 heterocycles. The third kappa shape index (κ3) is 3.14. The summed E-state index contributed by atoms with van der Waals surface area (Å²) in [5, 5.41) is 3.96. The van der Waals surface area contributed by atoms with Crippen LogP contribution in [-0.2, 0) is 6.42 Å². The van der Waals surface area contributed by atoms with Crippen LogP contribution in [0.15, 0.2) is 42.5 Å². The normalized spacial score (nSPS) is 12.4. The standard InChI is InChI=1S/C16H17ClFN/c1-11-6-5-8-13(16(11)17)15(19-2)10-12-7-3-4-9-14(12)18/h3-9,15,19H,10H2,1-2H3. The smallest absolute Gasteiger partial charge is 0.126 e. The Morgan fingerprint density at radius 3 is 2.58 bits per heavy atom. The second kappa shape index (κ2) is 6.18. The largest absolute Gasteiger partial charge is 0.313 e. The zero-order valence-corrected chi connectivity index (χ0v) is 11.8. The van der Waals surface area contributed by atoms with Crippen molar-refractivity contribution in [3.63, 3.8) is 0 Å². The van der Waals surface area contributed by atoms with Gasteiger partial charge in [-0.2, -0.15) is 0 Å². The molecule has 0 spiro atoms. The van der Waals surface area contributed by atoms with Gasteiger partial charge in [-0.15, -0.1) is 0 Å². The Hall–Kier alpha value is -1.38. The highest BCUT2D eigenvalue weighted by molar-refractivity contribution is 6.32. The number of benzene rings is 2. The topological polar surface area (TPSA) is 12.0 Å². The number of likely N-dealkylation sites (N-methyl/N-ethyl adjacent to an activating group) is 1. The first-order valence-corrected chi connectivity index (χ1v) is 6.67. The maximum atomic E-state index is 13.7. The van der Waals surface area contributed by atoms with Crippen molar-refractivity contribution in [2.45, 2.75) is 19.4 Å². The molecule has 100 valence electrons. The average molecular weight is 278 g/mol. The molecular weight excluding hydrogens is 261 g/mol. The van der Waals surface area contributed by atoms with E-state index in [1.165, 1.54) is 6.07 Å². The van der Waals surface area contributed by atoms with Crippen molar-refractivity contribution in [3.8, 4) is 0 Å². The Morgan fingerprint density at radius 2 is 1.89 bits per heavy atom. The predicted octanol–water partition coefficient (Wildman–Crippen LogP) is 4.29. The molecule has 19 heavy (non-hydrogen) atoms. The van der Waals surface area contributed by atoms with Crippen LogP contribution in [0.5, 0.6) is 0 Å². The van der Waals surface area contributed by atoms with Crippen LogP contribution in [0.1, 0.15) is 22.7 Å². The summed E-state index contributed by atoms with van der Waals surface area (Å²) in [7, 11) is 1.87. The Kier molecular flexibility index (Phi) is 4.56. The van der Waals surface area contributed by atoms with Gasteiger partial charge in [-0.05, 0) is 43.1 Å². The molecule has 1 nitrogen and oxygen atoms in total. The predicted molar refractivity (Wildman–Crippen MR) is 78.1 cm³/mol. The van der Waals surface area contributed by atoms with E-state index in [0.29, 0.717) is 12.0 Å². The zero-order chi connectivity index (χ0) is 13.8. The Bertz CT molecular complexity index is 568. The van der Waals surface area contributed by atoms with E-state index in [-0.39, 0.29) is 11.9 Å². The van der Waals surface area contributed by atoms with Crippen LogP contribution in [0, 0.1) is 12.7 Å². The van der Waals surface area contributed by atoms with Crippen LogP contribution < -0.4 is 5.32 Å². The summed E-state index contributed by atoms with van der Waals surface area (Å²) in [5.74, 6) is -0.175. The highest BCUT2D eigenvalue weighted by Gasteiger charge is 2.16. The molecule has 2 aromatic rings.